The van der Waals surface area contributed by atoms with Gasteiger partial charge in [-0.05, 0) is 54.8 Å². The Bertz CT molecular complexity index is 585. The van der Waals surface area contributed by atoms with Crippen LogP contribution in [0.2, 0.25) is 0 Å². The molecule has 96 valence electrons. The van der Waals surface area contributed by atoms with Gasteiger partial charge in [-0.1, -0.05) is 6.07 Å². The molecule has 0 aliphatic carbocycles. The van der Waals surface area contributed by atoms with Gasteiger partial charge in [0.05, 0.1) is 11.6 Å². The lowest BCUT2D eigenvalue weighted by atomic mass is 10.0. The van der Waals surface area contributed by atoms with E-state index in [0.717, 1.165) is 12.1 Å². The Morgan fingerprint density at radius 3 is 2.63 bits per heavy atom. The zero-order valence-electron chi connectivity index (χ0n) is 11.2. The Kier molecular flexibility index (Phi) is 4.27. The van der Waals surface area contributed by atoms with Crippen LogP contribution in [0.3, 0.4) is 0 Å². The van der Waals surface area contributed by atoms with Gasteiger partial charge in [0.2, 0.25) is 0 Å². The second kappa shape index (κ2) is 6.12. The molecule has 0 saturated carbocycles. The summed E-state index contributed by atoms with van der Waals surface area (Å²) in [5.74, 6) is 0. The van der Waals surface area contributed by atoms with Gasteiger partial charge < -0.3 is 5.32 Å². The minimum Gasteiger partial charge on any atom is -0.306 e. The van der Waals surface area contributed by atoms with Crippen molar-refractivity contribution in [3.63, 3.8) is 0 Å². The molecule has 3 heteroatoms. The molecule has 1 atom stereocenters. The Morgan fingerprint density at radius 1 is 1.26 bits per heavy atom. The van der Waals surface area contributed by atoms with Crippen molar-refractivity contribution in [2.24, 2.45) is 0 Å². The van der Waals surface area contributed by atoms with Gasteiger partial charge in [-0.2, -0.15) is 5.26 Å². The van der Waals surface area contributed by atoms with E-state index < -0.39 is 0 Å². The number of aromatic nitrogens is 1. The summed E-state index contributed by atoms with van der Waals surface area (Å²) < 4.78 is 0. The molecule has 3 nitrogen and oxygen atoms in total. The maximum absolute atomic E-state index is 8.85. The van der Waals surface area contributed by atoms with Gasteiger partial charge in [0, 0.05) is 25.0 Å². The fourth-order valence-corrected chi connectivity index (χ4v) is 2.00. The first kappa shape index (κ1) is 13.3. The normalized spacial score (nSPS) is 11.8. The van der Waals surface area contributed by atoms with Crippen LogP contribution in [-0.2, 0) is 6.54 Å². The highest BCUT2D eigenvalue weighted by Crippen LogP contribution is 2.14. The highest BCUT2D eigenvalue weighted by Gasteiger charge is 2.05. The summed E-state index contributed by atoms with van der Waals surface area (Å²) in [5, 5.41) is 12.3. The summed E-state index contributed by atoms with van der Waals surface area (Å²) >= 11 is 0. The molecule has 1 N–H and O–H groups in total. The van der Waals surface area contributed by atoms with Crippen LogP contribution < -0.4 is 5.32 Å². The number of hydrogen-bond acceptors (Lipinski definition) is 3. The van der Waals surface area contributed by atoms with Gasteiger partial charge in [-0.3, -0.25) is 4.98 Å². The number of rotatable bonds is 4. The molecule has 0 aliphatic heterocycles. The number of nitrogens with one attached hydrogen (secondary N) is 1. The van der Waals surface area contributed by atoms with Crippen molar-refractivity contribution in [2.75, 3.05) is 0 Å². The molecule has 0 radical (unpaired) electrons. The molecule has 2 aromatic rings. The van der Waals surface area contributed by atoms with Crippen LogP contribution >= 0.6 is 0 Å². The van der Waals surface area contributed by atoms with Gasteiger partial charge >= 0.3 is 0 Å². The van der Waals surface area contributed by atoms with Gasteiger partial charge in [0.15, 0.2) is 0 Å². The van der Waals surface area contributed by atoms with Crippen molar-refractivity contribution in [2.45, 2.75) is 26.4 Å². The zero-order valence-corrected chi connectivity index (χ0v) is 11.2. The number of nitrogens with zero attached hydrogens (tertiary/aromatic N) is 2. The first-order chi connectivity index (χ1) is 9.20. The van der Waals surface area contributed by atoms with E-state index in [9.17, 15) is 0 Å². The van der Waals surface area contributed by atoms with Crippen LogP contribution in [0.1, 0.15) is 35.2 Å². The van der Waals surface area contributed by atoms with Crippen molar-refractivity contribution in [1.29, 1.82) is 5.26 Å². The SMILES string of the molecule is Cc1cc(C#N)ccc1CN[C@@H](C)c1ccncc1. The average molecular weight is 251 g/mol. The first-order valence-corrected chi connectivity index (χ1v) is 6.33. The third kappa shape index (κ3) is 3.40. The molecule has 0 aliphatic rings. The Morgan fingerprint density at radius 2 is 2.00 bits per heavy atom. The Balaban J connectivity index is 2.01. The van der Waals surface area contributed by atoms with E-state index in [-0.39, 0.29) is 6.04 Å². The quantitative estimate of drug-likeness (QED) is 0.908. The summed E-state index contributed by atoms with van der Waals surface area (Å²) in [6.45, 7) is 4.96. The van der Waals surface area contributed by atoms with E-state index in [1.807, 2.05) is 37.3 Å². The second-order valence-electron chi connectivity index (χ2n) is 4.64. The van der Waals surface area contributed by atoms with Crippen LogP contribution in [0.4, 0.5) is 0 Å². The van der Waals surface area contributed by atoms with Crippen LogP contribution in [-0.4, -0.2) is 4.98 Å². The molecule has 0 bridgehead atoms. The maximum atomic E-state index is 8.85. The van der Waals surface area contributed by atoms with Crippen LogP contribution in [0, 0.1) is 18.3 Å². The number of aryl methyl sites for hydroxylation is 1. The fourth-order valence-electron chi connectivity index (χ4n) is 2.00. The molecule has 0 saturated heterocycles. The summed E-state index contributed by atoms with van der Waals surface area (Å²) in [6, 6.07) is 12.3. The third-order valence-electron chi connectivity index (χ3n) is 3.28. The molecular weight excluding hydrogens is 234 g/mol. The van der Waals surface area contributed by atoms with E-state index >= 15 is 0 Å². The molecule has 19 heavy (non-hydrogen) atoms. The monoisotopic (exact) mass is 251 g/mol. The lowest BCUT2D eigenvalue weighted by Gasteiger charge is -2.15. The summed E-state index contributed by atoms with van der Waals surface area (Å²) in [6.07, 6.45) is 3.61. The Hall–Kier alpha value is -2.18. The first-order valence-electron chi connectivity index (χ1n) is 6.33. The molecule has 2 rings (SSSR count). The number of hydrogen-bond donors (Lipinski definition) is 1. The predicted octanol–water partition coefficient (Wildman–Crippen LogP) is 3.11. The van der Waals surface area contributed by atoms with Crippen LogP contribution in [0.5, 0.6) is 0 Å². The average Bonchev–Trinajstić information content (AvgIpc) is 2.46. The minimum absolute atomic E-state index is 0.276. The molecule has 0 amide bonds. The van der Waals surface area contributed by atoms with Gasteiger partial charge in [-0.25, -0.2) is 0 Å². The van der Waals surface area contributed by atoms with Gasteiger partial charge in [-0.15, -0.1) is 0 Å². The molecule has 1 aromatic heterocycles. The number of nitriles is 1. The van der Waals surface area contributed by atoms with E-state index in [2.05, 4.69) is 23.3 Å². The second-order valence-corrected chi connectivity index (χ2v) is 4.64. The van der Waals surface area contributed by atoms with Crippen molar-refractivity contribution in [3.8, 4) is 6.07 Å². The molecule has 0 unspecified atom stereocenters. The highest BCUT2D eigenvalue weighted by molar-refractivity contribution is 5.37. The predicted molar refractivity (Wildman–Crippen MR) is 75.4 cm³/mol. The van der Waals surface area contributed by atoms with Crippen molar-refractivity contribution in [3.05, 3.63) is 65.0 Å². The number of pyridine rings is 1. The van der Waals surface area contributed by atoms with E-state index in [4.69, 9.17) is 5.26 Å². The van der Waals surface area contributed by atoms with Crippen LogP contribution in [0.25, 0.3) is 0 Å². The fraction of sp³-hybridized carbons (Fsp3) is 0.250. The zero-order chi connectivity index (χ0) is 13.7. The molecular formula is C16H17N3. The van der Waals surface area contributed by atoms with Crippen molar-refractivity contribution in [1.82, 2.24) is 10.3 Å². The summed E-state index contributed by atoms with van der Waals surface area (Å²) in [4.78, 5) is 4.02. The van der Waals surface area contributed by atoms with E-state index in [0.29, 0.717) is 5.56 Å². The van der Waals surface area contributed by atoms with Gasteiger partial charge in [0.25, 0.3) is 0 Å². The molecule has 0 fully saturated rings. The standard InChI is InChI=1S/C16H17N3/c1-12-9-14(10-17)3-4-16(12)11-19-13(2)15-5-7-18-8-6-15/h3-9,13,19H,11H2,1-2H3/t13-/m0/s1. The lowest BCUT2D eigenvalue weighted by Crippen LogP contribution is -2.18. The summed E-state index contributed by atoms with van der Waals surface area (Å²) in [7, 11) is 0. The van der Waals surface area contributed by atoms with E-state index in [1.165, 1.54) is 11.1 Å². The molecule has 0 spiro atoms. The largest absolute Gasteiger partial charge is 0.306 e. The van der Waals surface area contributed by atoms with Crippen molar-refractivity contribution < 1.29 is 0 Å². The number of benzene rings is 1. The molecule has 1 aromatic carbocycles. The topological polar surface area (TPSA) is 48.7 Å². The third-order valence-corrected chi connectivity index (χ3v) is 3.28. The Labute approximate surface area is 113 Å². The van der Waals surface area contributed by atoms with Crippen molar-refractivity contribution >= 4 is 0 Å². The minimum atomic E-state index is 0.276. The van der Waals surface area contributed by atoms with E-state index in [1.54, 1.807) is 12.4 Å². The smallest absolute Gasteiger partial charge is 0.0991 e. The molecule has 1 heterocycles. The summed E-state index contributed by atoms with van der Waals surface area (Å²) in [5.41, 5.74) is 4.30. The van der Waals surface area contributed by atoms with Crippen LogP contribution in [0.15, 0.2) is 42.7 Å². The highest BCUT2D eigenvalue weighted by atomic mass is 14.9. The van der Waals surface area contributed by atoms with Gasteiger partial charge in [0.1, 0.15) is 0 Å². The lowest BCUT2D eigenvalue weighted by molar-refractivity contribution is 0.573. The maximum Gasteiger partial charge on any atom is 0.0991 e.